The van der Waals surface area contributed by atoms with Crippen LogP contribution in [0.5, 0.6) is 0 Å². The van der Waals surface area contributed by atoms with Gasteiger partial charge in [-0.3, -0.25) is 13.8 Å². The average molecular weight is 726 g/mol. The lowest BCUT2D eigenvalue weighted by Gasteiger charge is -2.25. The van der Waals surface area contributed by atoms with Gasteiger partial charge < -0.3 is 19.8 Å². The van der Waals surface area contributed by atoms with Gasteiger partial charge in [-0.05, 0) is 51.4 Å². The van der Waals surface area contributed by atoms with Gasteiger partial charge >= 0.3 is 7.82 Å². The molecule has 50 heavy (non-hydrogen) atoms. The molecule has 1 amide bonds. The fourth-order valence-corrected chi connectivity index (χ4v) is 6.08. The topological polar surface area (TPSA) is 105 Å². The van der Waals surface area contributed by atoms with E-state index in [9.17, 15) is 19.4 Å². The largest absolute Gasteiger partial charge is 0.472 e. The molecule has 9 heteroatoms. The van der Waals surface area contributed by atoms with Gasteiger partial charge in [0.25, 0.3) is 0 Å². The highest BCUT2D eigenvalue weighted by Crippen LogP contribution is 2.43. The lowest BCUT2D eigenvalue weighted by atomic mass is 10.0. The van der Waals surface area contributed by atoms with Crippen LogP contribution in [0.3, 0.4) is 0 Å². The van der Waals surface area contributed by atoms with E-state index in [2.05, 4.69) is 55.6 Å². The number of nitrogens with zero attached hydrogens (tertiary/aromatic N) is 1. The van der Waals surface area contributed by atoms with Crippen molar-refractivity contribution in [2.24, 2.45) is 0 Å². The SMILES string of the molecule is CC/C=C\C/C=C\C/C=C\CCCCCCCC(=O)N[C@@H](COP(=O)(O)OCC[N+](C)(C)C)[C@H](O)/C=C/CCCCCCCCCCCCC. The molecule has 0 aromatic rings. The van der Waals surface area contributed by atoms with Crippen molar-refractivity contribution in [2.45, 2.75) is 167 Å². The van der Waals surface area contributed by atoms with E-state index in [4.69, 9.17) is 9.05 Å². The van der Waals surface area contributed by atoms with Crippen molar-refractivity contribution < 1.29 is 32.9 Å². The van der Waals surface area contributed by atoms with Gasteiger partial charge in [0.05, 0.1) is 39.9 Å². The smallest absolute Gasteiger partial charge is 0.387 e. The van der Waals surface area contributed by atoms with Gasteiger partial charge in [-0.25, -0.2) is 4.57 Å². The zero-order valence-electron chi connectivity index (χ0n) is 32.9. The van der Waals surface area contributed by atoms with Gasteiger partial charge in [0, 0.05) is 6.42 Å². The molecule has 0 aliphatic rings. The number of likely N-dealkylation sites (N-methyl/N-ethyl adjacent to an activating group) is 1. The maximum atomic E-state index is 12.8. The first-order valence-corrected chi connectivity index (χ1v) is 21.5. The first-order valence-electron chi connectivity index (χ1n) is 20.0. The molecule has 0 saturated heterocycles. The molecule has 0 fully saturated rings. The Morgan fingerprint density at radius 2 is 1.20 bits per heavy atom. The number of rotatable bonds is 35. The standard InChI is InChI=1S/C41H77N2O6P/c1-6-8-10-12-14-16-18-20-21-23-25-27-29-31-33-35-41(45)42-39(38-49-50(46,47)48-37-36-43(3,4)5)40(44)34-32-30-28-26-24-22-19-17-15-13-11-9-7-2/h8,10,14,16,20-21,32,34,39-40,44H,6-7,9,11-13,15,17-19,22-31,33,35-38H2,1-5H3,(H-,42,45,46,47)/p+1/b10-8-,16-14-,21-20-,34-32+/t39-,40+/m0/s1. The number of carbonyl (C=O) groups excluding carboxylic acids is 1. The Morgan fingerprint density at radius 3 is 1.76 bits per heavy atom. The lowest BCUT2D eigenvalue weighted by molar-refractivity contribution is -0.870. The van der Waals surface area contributed by atoms with Crippen LogP contribution in [-0.2, 0) is 18.4 Å². The minimum atomic E-state index is -4.34. The number of amides is 1. The van der Waals surface area contributed by atoms with E-state index in [0.29, 0.717) is 17.4 Å². The minimum Gasteiger partial charge on any atom is -0.387 e. The van der Waals surface area contributed by atoms with Crippen molar-refractivity contribution in [3.05, 3.63) is 48.6 Å². The van der Waals surface area contributed by atoms with Crippen molar-refractivity contribution in [3.8, 4) is 0 Å². The highest BCUT2D eigenvalue weighted by atomic mass is 31.2. The Bertz CT molecular complexity index is 959. The molecule has 292 valence electrons. The molecule has 3 atom stereocenters. The first-order chi connectivity index (χ1) is 24.0. The second kappa shape index (κ2) is 33.3. The lowest BCUT2D eigenvalue weighted by Crippen LogP contribution is -2.45. The average Bonchev–Trinajstić information content (AvgIpc) is 3.06. The minimum absolute atomic E-state index is 0.0561. The van der Waals surface area contributed by atoms with Gasteiger partial charge in [-0.1, -0.05) is 146 Å². The number of phosphoric ester groups is 1. The van der Waals surface area contributed by atoms with Crippen LogP contribution in [0.15, 0.2) is 48.6 Å². The number of carbonyl (C=O) groups is 1. The third-order valence-electron chi connectivity index (χ3n) is 8.55. The molecule has 0 heterocycles. The predicted molar refractivity (Wildman–Crippen MR) is 212 cm³/mol. The van der Waals surface area contributed by atoms with Gasteiger partial charge in [-0.15, -0.1) is 0 Å². The Kier molecular flexibility index (Phi) is 32.3. The number of hydrogen-bond donors (Lipinski definition) is 3. The van der Waals surface area contributed by atoms with Crippen LogP contribution in [0.1, 0.15) is 155 Å². The summed E-state index contributed by atoms with van der Waals surface area (Å²) in [5.74, 6) is -0.198. The molecule has 0 aliphatic heterocycles. The van der Waals surface area contributed by atoms with Gasteiger partial charge in [0.15, 0.2) is 0 Å². The monoisotopic (exact) mass is 726 g/mol. The predicted octanol–water partition coefficient (Wildman–Crippen LogP) is 10.5. The Hall–Kier alpha value is -1.54. The van der Waals surface area contributed by atoms with E-state index in [1.165, 1.54) is 57.8 Å². The molecular formula is C41H78N2O6P+. The highest BCUT2D eigenvalue weighted by molar-refractivity contribution is 7.47. The molecule has 8 nitrogen and oxygen atoms in total. The van der Waals surface area contributed by atoms with E-state index in [1.54, 1.807) is 6.08 Å². The number of quaternary nitrogens is 1. The second-order valence-corrected chi connectivity index (χ2v) is 16.1. The molecule has 3 N–H and O–H groups in total. The van der Waals surface area contributed by atoms with Crippen LogP contribution in [0.2, 0.25) is 0 Å². The first kappa shape index (κ1) is 48.5. The third-order valence-corrected chi connectivity index (χ3v) is 9.54. The Balaban J connectivity index is 4.55. The summed E-state index contributed by atoms with van der Waals surface area (Å²) in [5.41, 5.74) is 0. The van der Waals surface area contributed by atoms with Gasteiger partial charge in [-0.2, -0.15) is 0 Å². The number of hydrogen-bond acceptors (Lipinski definition) is 5. The maximum Gasteiger partial charge on any atom is 0.472 e. The van der Waals surface area contributed by atoms with E-state index in [-0.39, 0.29) is 19.1 Å². The van der Waals surface area contributed by atoms with Crippen LogP contribution >= 0.6 is 7.82 Å². The molecule has 0 aliphatic carbocycles. The summed E-state index contributed by atoms with van der Waals surface area (Å²) in [4.78, 5) is 23.0. The molecule has 0 aromatic carbocycles. The van der Waals surface area contributed by atoms with Crippen LogP contribution in [0, 0.1) is 0 Å². The van der Waals surface area contributed by atoms with E-state index >= 15 is 0 Å². The van der Waals surface area contributed by atoms with Crippen molar-refractivity contribution in [2.75, 3.05) is 40.9 Å². The molecular weight excluding hydrogens is 647 g/mol. The molecule has 0 aromatic heterocycles. The van der Waals surface area contributed by atoms with Crippen LogP contribution in [0.25, 0.3) is 0 Å². The zero-order chi connectivity index (χ0) is 37.2. The Labute approximate surface area is 308 Å². The summed E-state index contributed by atoms with van der Waals surface area (Å²) >= 11 is 0. The Morgan fingerprint density at radius 1 is 0.700 bits per heavy atom. The number of phosphoric acid groups is 1. The molecule has 1 unspecified atom stereocenters. The normalized spacial score (nSPS) is 15.1. The van der Waals surface area contributed by atoms with Crippen molar-refractivity contribution >= 4 is 13.7 Å². The van der Waals surface area contributed by atoms with Crippen LogP contribution in [0.4, 0.5) is 0 Å². The van der Waals surface area contributed by atoms with Crippen LogP contribution < -0.4 is 5.32 Å². The number of nitrogens with one attached hydrogen (secondary N) is 1. The zero-order valence-corrected chi connectivity index (χ0v) is 33.8. The van der Waals surface area contributed by atoms with Gasteiger partial charge in [0.2, 0.25) is 5.91 Å². The molecule has 0 saturated carbocycles. The second-order valence-electron chi connectivity index (χ2n) is 14.6. The van der Waals surface area contributed by atoms with E-state index in [1.807, 2.05) is 27.2 Å². The third kappa shape index (κ3) is 34.9. The number of unbranched alkanes of at least 4 members (excludes halogenated alkanes) is 16. The summed E-state index contributed by atoms with van der Waals surface area (Å²) in [5, 5.41) is 13.8. The number of allylic oxidation sites excluding steroid dienone is 7. The summed E-state index contributed by atoms with van der Waals surface area (Å²) in [7, 11) is 1.55. The van der Waals surface area contributed by atoms with Crippen molar-refractivity contribution in [1.29, 1.82) is 0 Å². The molecule has 0 bridgehead atoms. The molecule has 0 radical (unpaired) electrons. The van der Waals surface area contributed by atoms with Gasteiger partial charge in [0.1, 0.15) is 13.2 Å². The van der Waals surface area contributed by atoms with E-state index in [0.717, 1.165) is 77.0 Å². The fourth-order valence-electron chi connectivity index (χ4n) is 5.35. The summed E-state index contributed by atoms with van der Waals surface area (Å²) in [6.45, 7) is 4.66. The molecule has 0 spiro atoms. The summed E-state index contributed by atoms with van der Waals surface area (Å²) < 4.78 is 23.5. The summed E-state index contributed by atoms with van der Waals surface area (Å²) in [6, 6.07) is -0.854. The maximum absolute atomic E-state index is 12.8. The summed E-state index contributed by atoms with van der Waals surface area (Å²) in [6.07, 6.45) is 40.3. The van der Waals surface area contributed by atoms with E-state index < -0.39 is 20.0 Å². The number of aliphatic hydroxyl groups is 1. The quantitative estimate of drug-likeness (QED) is 0.0260. The fraction of sp³-hybridized carbons (Fsp3) is 0.780. The number of aliphatic hydroxyl groups excluding tert-OH is 1. The highest BCUT2D eigenvalue weighted by Gasteiger charge is 2.27. The van der Waals surface area contributed by atoms with Crippen molar-refractivity contribution in [3.63, 3.8) is 0 Å². The van der Waals surface area contributed by atoms with Crippen molar-refractivity contribution in [1.82, 2.24) is 5.32 Å². The van der Waals surface area contributed by atoms with Crippen LogP contribution in [-0.4, -0.2) is 73.4 Å². The molecule has 0 rings (SSSR count).